The summed E-state index contributed by atoms with van der Waals surface area (Å²) in [5.41, 5.74) is 2.33. The highest BCUT2D eigenvalue weighted by atomic mass is 32.1. The average molecular weight is 481 g/mol. The van der Waals surface area contributed by atoms with E-state index in [0.29, 0.717) is 23.4 Å². The maximum atomic E-state index is 13.3. The molecule has 2 N–H and O–H groups in total. The lowest BCUT2D eigenvalue weighted by Crippen LogP contribution is -2.56. The predicted molar refractivity (Wildman–Crippen MR) is 133 cm³/mol. The zero-order chi connectivity index (χ0) is 24.0. The zero-order valence-electron chi connectivity index (χ0n) is 19.6. The summed E-state index contributed by atoms with van der Waals surface area (Å²) >= 11 is 1.56. The van der Waals surface area contributed by atoms with Crippen LogP contribution in [0.15, 0.2) is 29.1 Å². The number of anilines is 2. The number of amides is 2. The number of hydrogen-bond donors (Lipinski definition) is 2. The molecule has 1 unspecified atom stereocenters. The van der Waals surface area contributed by atoms with Crippen LogP contribution in [-0.4, -0.2) is 70.3 Å². The van der Waals surface area contributed by atoms with E-state index in [1.54, 1.807) is 16.2 Å². The summed E-state index contributed by atoms with van der Waals surface area (Å²) in [6, 6.07) is 7.04. The fourth-order valence-electron chi connectivity index (χ4n) is 4.71. The van der Waals surface area contributed by atoms with E-state index in [9.17, 15) is 14.4 Å². The zero-order valence-corrected chi connectivity index (χ0v) is 20.4. The maximum Gasteiger partial charge on any atom is 0.259 e. The summed E-state index contributed by atoms with van der Waals surface area (Å²) in [5, 5.41) is 3.52. The molecule has 5 rings (SSSR count). The van der Waals surface area contributed by atoms with Crippen LogP contribution in [0.4, 0.5) is 11.4 Å². The number of benzene rings is 1. The van der Waals surface area contributed by atoms with Gasteiger partial charge in [0.1, 0.15) is 17.2 Å². The molecule has 10 heteroatoms. The summed E-state index contributed by atoms with van der Waals surface area (Å²) in [7, 11) is 0. The van der Waals surface area contributed by atoms with Crippen molar-refractivity contribution in [2.75, 3.05) is 42.9 Å². The number of aromatic amines is 1. The van der Waals surface area contributed by atoms with Gasteiger partial charge in [-0.3, -0.25) is 29.1 Å². The second-order valence-corrected chi connectivity index (χ2v) is 10.2. The topological polar surface area (TPSA) is 102 Å². The minimum atomic E-state index is -0.340. The average Bonchev–Trinajstić information content (AvgIpc) is 3.11. The van der Waals surface area contributed by atoms with E-state index in [0.717, 1.165) is 47.1 Å². The Hall–Kier alpha value is -3.08. The molecule has 9 nitrogen and oxygen atoms in total. The second kappa shape index (κ2) is 8.94. The van der Waals surface area contributed by atoms with Gasteiger partial charge in [-0.2, -0.15) is 0 Å². The van der Waals surface area contributed by atoms with Gasteiger partial charge < -0.3 is 10.3 Å². The fraction of sp³-hybridized carbons (Fsp3) is 0.417. The van der Waals surface area contributed by atoms with E-state index in [-0.39, 0.29) is 30.0 Å². The molecular formula is C24H28N6O3S. The number of hydrogen-bond acceptors (Lipinski definition) is 7. The standard InChI is InChI=1S/C24H28N6O3S/c1-14-16(3)34-23-21(14)22(32)26-19(27-23)12-28-8-10-29(11-9-28)15(2)24(33)30-13-20(31)25-17-6-4-5-7-18(17)30/h4-7,15H,8-13H2,1-3H3,(H,25,31)(H,26,27,32). The summed E-state index contributed by atoms with van der Waals surface area (Å²) in [4.78, 5) is 53.5. The van der Waals surface area contributed by atoms with Crippen molar-refractivity contribution in [1.82, 2.24) is 19.8 Å². The van der Waals surface area contributed by atoms with Crippen LogP contribution in [0.5, 0.6) is 0 Å². The van der Waals surface area contributed by atoms with Crippen LogP contribution < -0.4 is 15.8 Å². The normalized spacial score (nSPS) is 18.1. The number of nitrogens with zero attached hydrogens (tertiary/aromatic N) is 4. The number of nitrogens with one attached hydrogen (secondary N) is 2. The molecule has 0 spiro atoms. The van der Waals surface area contributed by atoms with Crippen LogP contribution in [-0.2, 0) is 16.1 Å². The van der Waals surface area contributed by atoms with Gasteiger partial charge in [-0.15, -0.1) is 11.3 Å². The summed E-state index contributed by atoms with van der Waals surface area (Å²) in [6.45, 7) is 9.44. The van der Waals surface area contributed by atoms with Gasteiger partial charge in [-0.25, -0.2) is 4.98 Å². The van der Waals surface area contributed by atoms with Crippen molar-refractivity contribution in [2.45, 2.75) is 33.4 Å². The van der Waals surface area contributed by atoms with Gasteiger partial charge in [-0.1, -0.05) is 12.1 Å². The van der Waals surface area contributed by atoms with Crippen molar-refractivity contribution in [3.05, 3.63) is 50.9 Å². The summed E-state index contributed by atoms with van der Waals surface area (Å²) in [5.74, 6) is 0.418. The number of fused-ring (bicyclic) bond motifs is 2. The van der Waals surface area contributed by atoms with E-state index >= 15 is 0 Å². The van der Waals surface area contributed by atoms with Crippen LogP contribution in [0.2, 0.25) is 0 Å². The molecule has 1 saturated heterocycles. The molecule has 0 saturated carbocycles. The first-order chi connectivity index (χ1) is 16.3. The van der Waals surface area contributed by atoms with Crippen molar-refractivity contribution >= 4 is 44.7 Å². The van der Waals surface area contributed by atoms with Gasteiger partial charge in [0.25, 0.3) is 5.56 Å². The van der Waals surface area contributed by atoms with Crippen molar-refractivity contribution in [1.29, 1.82) is 0 Å². The highest BCUT2D eigenvalue weighted by Gasteiger charge is 2.33. The van der Waals surface area contributed by atoms with Gasteiger partial charge in [0, 0.05) is 31.1 Å². The van der Waals surface area contributed by atoms with E-state index in [1.807, 2.05) is 45.0 Å². The Labute approximate surface area is 201 Å². The lowest BCUT2D eigenvalue weighted by molar-refractivity contribution is -0.126. The molecule has 178 valence electrons. The smallest absolute Gasteiger partial charge is 0.259 e. The third kappa shape index (κ3) is 4.13. The monoisotopic (exact) mass is 480 g/mol. The van der Waals surface area contributed by atoms with Gasteiger partial charge in [0.05, 0.1) is 29.3 Å². The van der Waals surface area contributed by atoms with Crippen molar-refractivity contribution in [3.63, 3.8) is 0 Å². The molecule has 1 fully saturated rings. The molecule has 3 aromatic rings. The van der Waals surface area contributed by atoms with Crippen LogP contribution in [0.3, 0.4) is 0 Å². The van der Waals surface area contributed by atoms with Crippen LogP contribution >= 0.6 is 11.3 Å². The number of aromatic nitrogens is 2. The van der Waals surface area contributed by atoms with Gasteiger partial charge in [0.15, 0.2) is 0 Å². The first-order valence-electron chi connectivity index (χ1n) is 11.5. The lowest BCUT2D eigenvalue weighted by atomic mass is 10.1. The maximum absolute atomic E-state index is 13.3. The van der Waals surface area contributed by atoms with Crippen molar-refractivity contribution in [3.8, 4) is 0 Å². The Morgan fingerprint density at radius 2 is 1.88 bits per heavy atom. The molecule has 0 aliphatic carbocycles. The molecule has 0 radical (unpaired) electrons. The quantitative estimate of drug-likeness (QED) is 0.593. The number of piperazine rings is 1. The molecule has 2 aromatic heterocycles. The van der Waals surface area contributed by atoms with Gasteiger partial charge in [0.2, 0.25) is 11.8 Å². The first kappa shape index (κ1) is 22.7. The first-order valence-corrected chi connectivity index (χ1v) is 12.3. The number of carbonyl (C=O) groups excluding carboxylic acids is 2. The van der Waals surface area contributed by atoms with Gasteiger partial charge >= 0.3 is 0 Å². The molecule has 34 heavy (non-hydrogen) atoms. The molecular weight excluding hydrogens is 452 g/mol. The number of thiophene rings is 1. The second-order valence-electron chi connectivity index (χ2n) is 8.95. The number of carbonyl (C=O) groups is 2. The Bertz CT molecular complexity index is 1320. The third-order valence-corrected chi connectivity index (χ3v) is 7.91. The number of para-hydroxylation sites is 2. The van der Waals surface area contributed by atoms with Gasteiger partial charge in [-0.05, 0) is 38.5 Å². The molecule has 1 aromatic carbocycles. The minimum Gasteiger partial charge on any atom is -0.323 e. The molecule has 0 bridgehead atoms. The molecule has 2 amide bonds. The van der Waals surface area contributed by atoms with Crippen molar-refractivity contribution < 1.29 is 9.59 Å². The summed E-state index contributed by atoms with van der Waals surface area (Å²) in [6.07, 6.45) is 0. The van der Waals surface area contributed by atoms with Crippen molar-refractivity contribution in [2.24, 2.45) is 0 Å². The Balaban J connectivity index is 1.23. The molecule has 4 heterocycles. The van der Waals surface area contributed by atoms with Crippen LogP contribution in [0.25, 0.3) is 10.2 Å². The Kier molecular flexibility index (Phi) is 5.97. The van der Waals surface area contributed by atoms with Crippen LogP contribution in [0, 0.1) is 13.8 Å². The highest BCUT2D eigenvalue weighted by molar-refractivity contribution is 7.18. The molecule has 2 aliphatic rings. The number of H-pyrrole nitrogens is 1. The number of aryl methyl sites for hydroxylation is 2. The Morgan fingerprint density at radius 1 is 1.15 bits per heavy atom. The fourth-order valence-corrected chi connectivity index (χ4v) is 5.76. The minimum absolute atomic E-state index is 0.0311. The molecule has 2 aliphatic heterocycles. The predicted octanol–water partition coefficient (Wildman–Crippen LogP) is 2.09. The molecule has 1 atom stereocenters. The Morgan fingerprint density at radius 3 is 2.65 bits per heavy atom. The van der Waals surface area contributed by atoms with E-state index < -0.39 is 0 Å². The van der Waals surface area contributed by atoms with E-state index in [4.69, 9.17) is 4.98 Å². The largest absolute Gasteiger partial charge is 0.323 e. The van der Waals surface area contributed by atoms with E-state index in [2.05, 4.69) is 20.1 Å². The number of rotatable bonds is 4. The summed E-state index contributed by atoms with van der Waals surface area (Å²) < 4.78 is 0. The lowest BCUT2D eigenvalue weighted by Gasteiger charge is -2.39. The van der Waals surface area contributed by atoms with E-state index in [1.165, 1.54) is 0 Å². The third-order valence-electron chi connectivity index (χ3n) is 6.81. The highest BCUT2D eigenvalue weighted by Crippen LogP contribution is 2.30. The SMILES string of the molecule is Cc1sc2nc(CN3CCN(C(C)C(=O)N4CC(=O)Nc5ccccc54)CC3)[nH]c(=O)c2c1C. The van der Waals surface area contributed by atoms with Crippen LogP contribution in [0.1, 0.15) is 23.2 Å².